The highest BCUT2D eigenvalue weighted by Crippen LogP contribution is 2.20. The van der Waals surface area contributed by atoms with Crippen molar-refractivity contribution >= 4 is 22.4 Å². The van der Waals surface area contributed by atoms with Gasteiger partial charge in [-0.05, 0) is 33.4 Å². The van der Waals surface area contributed by atoms with Gasteiger partial charge in [0.1, 0.15) is 0 Å². The van der Waals surface area contributed by atoms with Crippen molar-refractivity contribution in [2.75, 3.05) is 32.1 Å². The number of ether oxygens (including phenoxy) is 1. The molecule has 0 aliphatic carbocycles. The molecular formula is C14H23N3O2S. The summed E-state index contributed by atoms with van der Waals surface area (Å²) in [5.74, 6) is -0.149. The topological polar surface area (TPSA) is 54.5 Å². The number of anilines is 1. The number of rotatable bonds is 6. The average Bonchev–Trinajstić information content (AvgIpc) is 2.84. The van der Waals surface area contributed by atoms with Crippen molar-refractivity contribution in [2.24, 2.45) is 0 Å². The number of carbonyl (C=O) groups is 1. The van der Waals surface area contributed by atoms with Crippen molar-refractivity contribution in [3.63, 3.8) is 0 Å². The molecule has 0 radical (unpaired) electrons. The average molecular weight is 297 g/mol. The van der Waals surface area contributed by atoms with Crippen LogP contribution in [-0.4, -0.2) is 48.6 Å². The summed E-state index contributed by atoms with van der Waals surface area (Å²) in [4.78, 5) is 18.2. The maximum Gasteiger partial charge on any atom is 0.306 e. The van der Waals surface area contributed by atoms with E-state index in [1.54, 1.807) is 11.3 Å². The van der Waals surface area contributed by atoms with E-state index >= 15 is 0 Å². The summed E-state index contributed by atoms with van der Waals surface area (Å²) in [5.41, 5.74) is 0.967. The van der Waals surface area contributed by atoms with Crippen LogP contribution in [0.5, 0.6) is 0 Å². The van der Waals surface area contributed by atoms with Crippen LogP contribution in [0.15, 0.2) is 5.38 Å². The van der Waals surface area contributed by atoms with Crippen LogP contribution >= 0.6 is 11.3 Å². The molecule has 1 aliphatic rings. The second-order valence-electron chi connectivity index (χ2n) is 5.19. The molecule has 1 saturated heterocycles. The molecule has 0 aromatic carbocycles. The molecule has 6 heteroatoms. The van der Waals surface area contributed by atoms with Crippen molar-refractivity contribution in [3.8, 4) is 0 Å². The number of hydrogen-bond donors (Lipinski definition) is 1. The lowest BCUT2D eigenvalue weighted by Crippen LogP contribution is -2.39. The molecule has 1 aromatic heterocycles. The van der Waals surface area contributed by atoms with E-state index in [0.717, 1.165) is 17.4 Å². The molecule has 1 atom stereocenters. The Morgan fingerprint density at radius 1 is 1.65 bits per heavy atom. The lowest BCUT2D eigenvalue weighted by atomic mass is 10.1. The number of aromatic nitrogens is 1. The van der Waals surface area contributed by atoms with Crippen molar-refractivity contribution in [1.29, 1.82) is 0 Å². The van der Waals surface area contributed by atoms with Gasteiger partial charge < -0.3 is 15.0 Å². The maximum atomic E-state index is 11.3. The first-order valence-electron chi connectivity index (χ1n) is 7.22. The zero-order valence-electron chi connectivity index (χ0n) is 12.2. The fraction of sp³-hybridized carbons (Fsp3) is 0.714. The van der Waals surface area contributed by atoms with Crippen molar-refractivity contribution in [3.05, 3.63) is 11.1 Å². The second kappa shape index (κ2) is 7.59. The van der Waals surface area contributed by atoms with Crippen LogP contribution < -0.4 is 5.32 Å². The lowest BCUT2D eigenvalue weighted by Gasteiger charge is -2.29. The van der Waals surface area contributed by atoms with Gasteiger partial charge in [-0.25, -0.2) is 4.98 Å². The van der Waals surface area contributed by atoms with E-state index in [9.17, 15) is 4.79 Å². The SMILES string of the molecule is CCOC(=O)CCc1csc(NC2CCCN(C)C2)n1. The summed E-state index contributed by atoms with van der Waals surface area (Å²) >= 11 is 1.62. The fourth-order valence-electron chi connectivity index (χ4n) is 2.41. The van der Waals surface area contributed by atoms with Gasteiger partial charge in [0.05, 0.1) is 18.7 Å². The minimum Gasteiger partial charge on any atom is -0.466 e. The minimum absolute atomic E-state index is 0.149. The number of hydrogen-bond acceptors (Lipinski definition) is 6. The summed E-state index contributed by atoms with van der Waals surface area (Å²) in [6.07, 6.45) is 3.49. The van der Waals surface area contributed by atoms with E-state index < -0.39 is 0 Å². The van der Waals surface area contributed by atoms with Gasteiger partial charge in [0.2, 0.25) is 0 Å². The molecule has 1 aromatic rings. The normalized spacial score (nSPS) is 19.8. The first-order valence-corrected chi connectivity index (χ1v) is 8.10. The van der Waals surface area contributed by atoms with Crippen LogP contribution in [0.1, 0.15) is 31.9 Å². The predicted octanol–water partition coefficient (Wildman–Crippen LogP) is 2.14. The largest absolute Gasteiger partial charge is 0.466 e. The molecule has 112 valence electrons. The zero-order valence-corrected chi connectivity index (χ0v) is 13.0. The molecule has 0 spiro atoms. The van der Waals surface area contributed by atoms with Gasteiger partial charge in [-0.2, -0.15) is 0 Å². The maximum absolute atomic E-state index is 11.3. The molecule has 0 bridgehead atoms. The summed E-state index contributed by atoms with van der Waals surface area (Å²) in [6.45, 7) is 4.51. The van der Waals surface area contributed by atoms with Gasteiger partial charge in [0, 0.05) is 24.4 Å². The molecule has 0 amide bonds. The predicted molar refractivity (Wildman–Crippen MR) is 81.2 cm³/mol. The molecule has 1 unspecified atom stereocenters. The second-order valence-corrected chi connectivity index (χ2v) is 6.05. The summed E-state index contributed by atoms with van der Waals surface area (Å²) < 4.78 is 4.92. The van der Waals surface area contributed by atoms with Crippen molar-refractivity contribution < 1.29 is 9.53 Å². The molecule has 2 rings (SSSR count). The van der Waals surface area contributed by atoms with Gasteiger partial charge in [0.15, 0.2) is 5.13 Å². The minimum atomic E-state index is -0.149. The Labute approximate surface area is 124 Å². The van der Waals surface area contributed by atoms with Crippen molar-refractivity contribution in [2.45, 2.75) is 38.6 Å². The zero-order chi connectivity index (χ0) is 14.4. The number of aryl methyl sites for hydroxylation is 1. The van der Waals surface area contributed by atoms with Gasteiger partial charge in [-0.3, -0.25) is 4.79 Å². The monoisotopic (exact) mass is 297 g/mol. The number of nitrogens with one attached hydrogen (secondary N) is 1. The fourth-order valence-corrected chi connectivity index (χ4v) is 3.23. The van der Waals surface area contributed by atoms with Gasteiger partial charge in [0.25, 0.3) is 0 Å². The quantitative estimate of drug-likeness (QED) is 0.815. The Bertz CT molecular complexity index is 436. The Hall–Kier alpha value is -1.14. The van der Waals surface area contributed by atoms with E-state index in [-0.39, 0.29) is 5.97 Å². The number of nitrogens with zero attached hydrogens (tertiary/aromatic N) is 2. The lowest BCUT2D eigenvalue weighted by molar-refractivity contribution is -0.143. The van der Waals surface area contributed by atoms with Crippen LogP contribution in [0.4, 0.5) is 5.13 Å². The molecule has 1 fully saturated rings. The van der Waals surface area contributed by atoms with Gasteiger partial charge >= 0.3 is 5.97 Å². The molecule has 20 heavy (non-hydrogen) atoms. The molecule has 5 nitrogen and oxygen atoms in total. The Morgan fingerprint density at radius 3 is 3.25 bits per heavy atom. The summed E-state index contributed by atoms with van der Waals surface area (Å²) in [7, 11) is 2.15. The number of likely N-dealkylation sites (N-methyl/N-ethyl adjacent to an activating group) is 1. The van der Waals surface area contributed by atoms with E-state index in [1.807, 2.05) is 12.3 Å². The number of thiazole rings is 1. The first-order chi connectivity index (χ1) is 9.67. The smallest absolute Gasteiger partial charge is 0.306 e. The van der Waals surface area contributed by atoms with Gasteiger partial charge in [-0.1, -0.05) is 0 Å². The van der Waals surface area contributed by atoms with Gasteiger partial charge in [-0.15, -0.1) is 11.3 Å². The summed E-state index contributed by atoms with van der Waals surface area (Å²) in [6, 6.07) is 0.484. The first kappa shape index (κ1) is 15.3. The third kappa shape index (κ3) is 4.76. The van der Waals surface area contributed by atoms with Crippen LogP contribution in [0.2, 0.25) is 0 Å². The van der Waals surface area contributed by atoms with E-state index in [2.05, 4.69) is 22.2 Å². The van der Waals surface area contributed by atoms with E-state index in [1.165, 1.54) is 19.4 Å². The van der Waals surface area contributed by atoms with Crippen LogP contribution in [-0.2, 0) is 16.0 Å². The van der Waals surface area contributed by atoms with Crippen LogP contribution in [0.3, 0.4) is 0 Å². The molecule has 1 aliphatic heterocycles. The Morgan fingerprint density at radius 2 is 2.50 bits per heavy atom. The highest BCUT2D eigenvalue weighted by atomic mass is 32.1. The highest BCUT2D eigenvalue weighted by molar-refractivity contribution is 7.13. The Kier molecular flexibility index (Phi) is 5.79. The molecule has 1 N–H and O–H groups in total. The van der Waals surface area contributed by atoms with Crippen LogP contribution in [0, 0.1) is 0 Å². The Balaban J connectivity index is 1.78. The molecule has 0 saturated carbocycles. The third-order valence-electron chi connectivity index (χ3n) is 3.39. The van der Waals surface area contributed by atoms with Crippen molar-refractivity contribution in [1.82, 2.24) is 9.88 Å². The highest BCUT2D eigenvalue weighted by Gasteiger charge is 2.17. The van der Waals surface area contributed by atoms with Crippen LogP contribution in [0.25, 0.3) is 0 Å². The molecular weight excluding hydrogens is 274 g/mol. The van der Waals surface area contributed by atoms with E-state index in [0.29, 0.717) is 25.5 Å². The third-order valence-corrected chi connectivity index (χ3v) is 4.22. The van der Waals surface area contributed by atoms with E-state index in [4.69, 9.17) is 4.74 Å². The molecule has 2 heterocycles. The number of carbonyl (C=O) groups excluding carboxylic acids is 1. The standard InChI is InChI=1S/C14H23N3O2S/c1-3-19-13(18)7-6-12-10-20-14(16-12)15-11-5-4-8-17(2)9-11/h10-11H,3-9H2,1-2H3,(H,15,16). The number of esters is 1. The number of piperidine rings is 1. The summed E-state index contributed by atoms with van der Waals surface area (Å²) in [5, 5.41) is 6.48. The number of likely N-dealkylation sites (tertiary alicyclic amines) is 1.